The summed E-state index contributed by atoms with van der Waals surface area (Å²) in [7, 11) is 1.76. The smallest absolute Gasteiger partial charge is 0.125 e. The van der Waals surface area contributed by atoms with Crippen LogP contribution in [0, 0.1) is 0 Å². The predicted octanol–water partition coefficient (Wildman–Crippen LogP) is 3.70. The van der Waals surface area contributed by atoms with Gasteiger partial charge in [0.25, 0.3) is 0 Å². The molecule has 3 nitrogen and oxygen atoms in total. The number of nitrogens with zero attached hydrogens (tertiary/aromatic N) is 1. The molecule has 1 heterocycles. The number of hydrogen-bond donors (Lipinski definition) is 1. The van der Waals surface area contributed by atoms with Crippen molar-refractivity contribution in [2.75, 3.05) is 30.9 Å². The van der Waals surface area contributed by atoms with Crippen LogP contribution in [-0.2, 0) is 0 Å². The van der Waals surface area contributed by atoms with E-state index in [0.29, 0.717) is 17.3 Å². The van der Waals surface area contributed by atoms with Crippen molar-refractivity contribution >= 4 is 17.4 Å². The Morgan fingerprint density at radius 2 is 2.19 bits per heavy atom. The van der Waals surface area contributed by atoms with Gasteiger partial charge in [-0.2, -0.15) is 11.8 Å². The molecule has 0 saturated carbocycles. The highest BCUT2D eigenvalue weighted by Crippen LogP contribution is 2.38. The maximum atomic E-state index is 5.63. The zero-order valence-corrected chi connectivity index (χ0v) is 14.7. The van der Waals surface area contributed by atoms with Crippen molar-refractivity contribution in [1.82, 2.24) is 5.32 Å². The van der Waals surface area contributed by atoms with E-state index in [0.717, 1.165) is 18.8 Å². The third-order valence-electron chi connectivity index (χ3n) is 4.40. The number of methoxy groups -OCH3 is 1. The van der Waals surface area contributed by atoms with Gasteiger partial charge in [-0.1, -0.05) is 19.9 Å². The summed E-state index contributed by atoms with van der Waals surface area (Å²) in [4.78, 5) is 2.55. The molecule has 118 valence electrons. The predicted molar refractivity (Wildman–Crippen MR) is 93.8 cm³/mol. The van der Waals surface area contributed by atoms with Crippen LogP contribution in [0.4, 0.5) is 5.69 Å². The summed E-state index contributed by atoms with van der Waals surface area (Å²) < 4.78 is 5.63. The minimum atomic E-state index is 0.290. The highest BCUT2D eigenvalue weighted by Gasteiger charge is 2.28. The van der Waals surface area contributed by atoms with Crippen molar-refractivity contribution < 1.29 is 4.74 Å². The van der Waals surface area contributed by atoms with Crippen LogP contribution in [0.5, 0.6) is 5.75 Å². The number of thioether (sulfide) groups is 1. The monoisotopic (exact) mass is 308 g/mol. The lowest BCUT2D eigenvalue weighted by molar-refractivity contribution is 0.402. The molecular formula is C17H28N2OS. The van der Waals surface area contributed by atoms with E-state index in [-0.39, 0.29) is 0 Å². The van der Waals surface area contributed by atoms with Gasteiger partial charge in [0.1, 0.15) is 5.75 Å². The molecule has 1 aliphatic rings. The van der Waals surface area contributed by atoms with E-state index in [4.69, 9.17) is 4.74 Å². The van der Waals surface area contributed by atoms with E-state index in [1.165, 1.54) is 17.0 Å². The summed E-state index contributed by atoms with van der Waals surface area (Å²) in [5.41, 5.74) is 2.61. The summed E-state index contributed by atoms with van der Waals surface area (Å²) in [6.07, 6.45) is 0. The van der Waals surface area contributed by atoms with Crippen molar-refractivity contribution in [3.8, 4) is 5.75 Å². The summed E-state index contributed by atoms with van der Waals surface area (Å²) in [6, 6.07) is 7.25. The second-order valence-corrected chi connectivity index (χ2v) is 7.17. The molecule has 4 heteroatoms. The van der Waals surface area contributed by atoms with E-state index in [1.54, 1.807) is 7.11 Å². The normalized spacial score (nSPS) is 24.0. The Balaban J connectivity index is 2.42. The molecule has 1 fully saturated rings. The zero-order valence-electron chi connectivity index (χ0n) is 13.8. The number of nitrogens with one attached hydrogen (secondary N) is 1. The molecule has 0 bridgehead atoms. The fourth-order valence-corrected chi connectivity index (χ4v) is 4.18. The number of anilines is 1. The Morgan fingerprint density at radius 3 is 2.86 bits per heavy atom. The molecule has 0 spiro atoms. The van der Waals surface area contributed by atoms with Crippen LogP contribution >= 0.6 is 11.8 Å². The minimum absolute atomic E-state index is 0.290. The summed E-state index contributed by atoms with van der Waals surface area (Å²) in [5.74, 6) is 2.18. The van der Waals surface area contributed by atoms with Crippen LogP contribution in [0.1, 0.15) is 39.3 Å². The Hall–Kier alpha value is -0.870. The molecule has 1 aromatic carbocycles. The van der Waals surface area contributed by atoms with Gasteiger partial charge in [0.15, 0.2) is 0 Å². The number of hydrogen-bond acceptors (Lipinski definition) is 4. The van der Waals surface area contributed by atoms with Gasteiger partial charge in [0.2, 0.25) is 0 Å². The van der Waals surface area contributed by atoms with Gasteiger partial charge in [0.05, 0.1) is 7.11 Å². The maximum absolute atomic E-state index is 5.63. The molecule has 3 unspecified atom stereocenters. The highest BCUT2D eigenvalue weighted by atomic mass is 32.2. The lowest BCUT2D eigenvalue weighted by Crippen LogP contribution is -2.45. The van der Waals surface area contributed by atoms with Crippen LogP contribution in [0.15, 0.2) is 18.2 Å². The fraction of sp³-hybridized carbons (Fsp3) is 0.647. The van der Waals surface area contributed by atoms with E-state index < -0.39 is 0 Å². The largest absolute Gasteiger partial charge is 0.496 e. The average Bonchev–Trinajstić information content (AvgIpc) is 2.49. The molecule has 0 aromatic heterocycles. The molecule has 0 aliphatic carbocycles. The average molecular weight is 308 g/mol. The van der Waals surface area contributed by atoms with Gasteiger partial charge >= 0.3 is 0 Å². The van der Waals surface area contributed by atoms with Gasteiger partial charge in [-0.3, -0.25) is 0 Å². The molecule has 2 rings (SSSR count). The standard InChI is InChI=1S/C17H28N2OS/c1-6-18-12(2)17-15(8-7-9-16(17)20-5)19-10-11-21-14(4)13(19)3/h7-9,12-14,18H,6,10-11H2,1-5H3. The zero-order chi connectivity index (χ0) is 15.4. The summed E-state index contributed by atoms with van der Waals surface area (Å²) in [6.45, 7) is 11.1. The van der Waals surface area contributed by atoms with Gasteiger partial charge in [-0.25, -0.2) is 0 Å². The van der Waals surface area contributed by atoms with Crippen molar-refractivity contribution in [2.45, 2.75) is 45.0 Å². The van der Waals surface area contributed by atoms with Crippen LogP contribution in [0.2, 0.25) is 0 Å². The fourth-order valence-electron chi connectivity index (χ4n) is 3.08. The minimum Gasteiger partial charge on any atom is -0.496 e. The second-order valence-electron chi connectivity index (χ2n) is 5.68. The Morgan fingerprint density at radius 1 is 1.43 bits per heavy atom. The van der Waals surface area contributed by atoms with Crippen LogP contribution < -0.4 is 15.0 Å². The van der Waals surface area contributed by atoms with E-state index in [9.17, 15) is 0 Å². The van der Waals surface area contributed by atoms with Crippen LogP contribution in [0.25, 0.3) is 0 Å². The lowest BCUT2D eigenvalue weighted by Gasteiger charge is -2.41. The van der Waals surface area contributed by atoms with Gasteiger partial charge in [-0.15, -0.1) is 0 Å². The Labute approximate surface area is 133 Å². The van der Waals surface area contributed by atoms with Crippen LogP contribution in [0.3, 0.4) is 0 Å². The number of ether oxygens (including phenoxy) is 1. The lowest BCUT2D eigenvalue weighted by atomic mass is 10.0. The van der Waals surface area contributed by atoms with Gasteiger partial charge in [0, 0.05) is 40.9 Å². The Kier molecular flexibility index (Phi) is 5.82. The molecule has 1 saturated heterocycles. The highest BCUT2D eigenvalue weighted by molar-refractivity contribution is 8.00. The number of benzene rings is 1. The van der Waals surface area contributed by atoms with Crippen molar-refractivity contribution in [1.29, 1.82) is 0 Å². The summed E-state index contributed by atoms with van der Waals surface area (Å²) in [5, 5.41) is 4.19. The summed E-state index contributed by atoms with van der Waals surface area (Å²) >= 11 is 2.07. The molecule has 21 heavy (non-hydrogen) atoms. The molecule has 0 radical (unpaired) electrons. The van der Waals surface area contributed by atoms with Crippen molar-refractivity contribution in [3.63, 3.8) is 0 Å². The van der Waals surface area contributed by atoms with Crippen LogP contribution in [-0.4, -0.2) is 37.2 Å². The quantitative estimate of drug-likeness (QED) is 0.896. The first-order chi connectivity index (χ1) is 10.1. The van der Waals surface area contributed by atoms with E-state index in [1.807, 2.05) is 0 Å². The Bertz CT molecular complexity index is 466. The van der Waals surface area contributed by atoms with E-state index in [2.05, 4.69) is 67.9 Å². The third kappa shape index (κ3) is 3.49. The maximum Gasteiger partial charge on any atom is 0.125 e. The first-order valence-electron chi connectivity index (χ1n) is 7.88. The first-order valence-corrected chi connectivity index (χ1v) is 8.93. The third-order valence-corrected chi connectivity index (χ3v) is 5.74. The first kappa shape index (κ1) is 16.5. The van der Waals surface area contributed by atoms with Crippen molar-refractivity contribution in [2.24, 2.45) is 0 Å². The second kappa shape index (κ2) is 7.41. The van der Waals surface area contributed by atoms with Gasteiger partial charge in [-0.05, 0) is 32.5 Å². The van der Waals surface area contributed by atoms with E-state index >= 15 is 0 Å². The molecular weight excluding hydrogens is 280 g/mol. The molecule has 1 aromatic rings. The van der Waals surface area contributed by atoms with Crippen molar-refractivity contribution in [3.05, 3.63) is 23.8 Å². The molecule has 0 amide bonds. The topological polar surface area (TPSA) is 24.5 Å². The molecule has 3 atom stereocenters. The number of rotatable bonds is 5. The van der Waals surface area contributed by atoms with Gasteiger partial charge < -0.3 is 15.0 Å². The molecule has 1 aliphatic heterocycles. The molecule has 1 N–H and O–H groups in total. The SMILES string of the molecule is CCNC(C)c1c(OC)cccc1N1CCSC(C)C1C.